The Balaban J connectivity index is 2.51. The van der Waals surface area contributed by atoms with Crippen LogP contribution in [0.15, 0.2) is 36.6 Å². The Morgan fingerprint density at radius 3 is 3.17 bits per heavy atom. The normalized spacial score (nSPS) is 24.5. The number of nitrogens with two attached hydrogens (primary N) is 1. The fraction of sp³-hybridized carbons (Fsp3) is 0.333. The topological polar surface area (TPSA) is 58.3 Å². The monoisotopic (exact) mass is 166 g/mol. The van der Waals surface area contributed by atoms with Crippen molar-refractivity contribution in [3.63, 3.8) is 0 Å². The van der Waals surface area contributed by atoms with Crippen LogP contribution >= 0.6 is 0 Å². The number of rotatable bonds is 3. The van der Waals surface area contributed by atoms with Gasteiger partial charge in [0.1, 0.15) is 6.23 Å². The van der Waals surface area contributed by atoms with Gasteiger partial charge < -0.3 is 16.2 Å². The Morgan fingerprint density at radius 2 is 2.58 bits per heavy atom. The van der Waals surface area contributed by atoms with Crippen LogP contribution < -0.4 is 11.1 Å². The van der Waals surface area contributed by atoms with E-state index in [2.05, 4.69) is 11.9 Å². The fourth-order valence-corrected chi connectivity index (χ4v) is 1.03. The van der Waals surface area contributed by atoms with Gasteiger partial charge >= 0.3 is 0 Å². The molecule has 0 fully saturated rings. The second kappa shape index (κ2) is 4.09. The maximum atomic E-state index is 9.15. The summed E-state index contributed by atoms with van der Waals surface area (Å²) in [6.45, 7) is 3.45. The summed E-state index contributed by atoms with van der Waals surface area (Å²) in [6, 6.07) is 0.0505. The molecule has 4 N–H and O–H groups in total. The largest absolute Gasteiger partial charge is 0.370 e. The number of hydrogen-bond acceptors (Lipinski definition) is 3. The smallest absolute Gasteiger partial charge is 0.143 e. The van der Waals surface area contributed by atoms with E-state index in [1.807, 2.05) is 18.2 Å². The molecule has 0 spiro atoms. The van der Waals surface area contributed by atoms with Crippen molar-refractivity contribution in [2.45, 2.75) is 18.7 Å². The van der Waals surface area contributed by atoms with Crippen molar-refractivity contribution >= 4 is 0 Å². The van der Waals surface area contributed by atoms with Gasteiger partial charge in [0.15, 0.2) is 0 Å². The van der Waals surface area contributed by atoms with Gasteiger partial charge in [-0.25, -0.2) is 0 Å². The molecule has 0 saturated heterocycles. The van der Waals surface area contributed by atoms with Gasteiger partial charge in [0.05, 0.1) is 0 Å². The molecule has 0 aromatic heterocycles. The van der Waals surface area contributed by atoms with Crippen LogP contribution in [0, 0.1) is 0 Å². The van der Waals surface area contributed by atoms with Crippen LogP contribution in [0.4, 0.5) is 0 Å². The van der Waals surface area contributed by atoms with Crippen LogP contribution in [-0.4, -0.2) is 17.4 Å². The second-order valence-electron chi connectivity index (χ2n) is 2.75. The van der Waals surface area contributed by atoms with E-state index in [1.165, 1.54) is 6.08 Å². The molecule has 3 nitrogen and oxygen atoms in total. The van der Waals surface area contributed by atoms with E-state index in [0.29, 0.717) is 0 Å². The predicted octanol–water partition coefficient (Wildman–Crippen LogP) is 0.252. The van der Waals surface area contributed by atoms with E-state index in [4.69, 9.17) is 10.8 Å². The van der Waals surface area contributed by atoms with Crippen LogP contribution in [0.25, 0.3) is 0 Å². The molecule has 1 unspecified atom stereocenters. The summed E-state index contributed by atoms with van der Waals surface area (Å²) in [5, 5.41) is 12.0. The average Bonchev–Trinajstić information content (AvgIpc) is 2.04. The average molecular weight is 166 g/mol. The van der Waals surface area contributed by atoms with Crippen molar-refractivity contribution in [3.8, 4) is 0 Å². The molecule has 3 heteroatoms. The highest BCUT2D eigenvalue weighted by Gasteiger charge is 2.05. The molecule has 1 aliphatic rings. The van der Waals surface area contributed by atoms with Crippen molar-refractivity contribution in [1.29, 1.82) is 0 Å². The predicted molar refractivity (Wildman–Crippen MR) is 49.2 cm³/mol. The molecule has 1 aliphatic carbocycles. The van der Waals surface area contributed by atoms with Gasteiger partial charge in [-0.1, -0.05) is 12.7 Å². The van der Waals surface area contributed by atoms with E-state index in [0.717, 1.165) is 12.1 Å². The van der Waals surface area contributed by atoms with E-state index >= 15 is 0 Å². The summed E-state index contributed by atoms with van der Waals surface area (Å²) < 4.78 is 0. The number of hydrogen-bond donors (Lipinski definition) is 3. The lowest BCUT2D eigenvalue weighted by Gasteiger charge is -2.16. The molecular formula is C9H14N2O. The zero-order valence-corrected chi connectivity index (χ0v) is 6.90. The minimum atomic E-state index is -0.703. The van der Waals surface area contributed by atoms with E-state index in [9.17, 15) is 0 Å². The van der Waals surface area contributed by atoms with Crippen molar-refractivity contribution < 1.29 is 5.11 Å². The Kier molecular flexibility index (Phi) is 3.08. The fourth-order valence-electron chi connectivity index (χ4n) is 1.03. The lowest BCUT2D eigenvalue weighted by atomic mass is 10.1. The standard InChI is InChI=1S/C9H14N2O/c1-2-9(12)11-8-5-3-4-7(10)6-8/h2-3,5-7,9,11-12H,1,4,10H2/t7-,9?/m1/s1. The number of aliphatic hydroxyl groups is 1. The molecule has 0 amide bonds. The molecule has 0 aromatic carbocycles. The third-order valence-electron chi connectivity index (χ3n) is 1.64. The molecule has 0 saturated carbocycles. The number of aliphatic hydroxyl groups excluding tert-OH is 1. The van der Waals surface area contributed by atoms with E-state index in [1.54, 1.807) is 0 Å². The summed E-state index contributed by atoms with van der Waals surface area (Å²) in [5.74, 6) is 0. The quantitative estimate of drug-likeness (QED) is 0.416. The summed E-state index contributed by atoms with van der Waals surface area (Å²) in [4.78, 5) is 0. The van der Waals surface area contributed by atoms with Crippen LogP contribution in [0.5, 0.6) is 0 Å². The van der Waals surface area contributed by atoms with E-state index in [-0.39, 0.29) is 6.04 Å². The first-order valence-corrected chi connectivity index (χ1v) is 3.93. The van der Waals surface area contributed by atoms with Crippen LogP contribution in [0.1, 0.15) is 6.42 Å². The highest BCUT2D eigenvalue weighted by molar-refractivity contribution is 5.24. The maximum absolute atomic E-state index is 9.15. The molecule has 1 rings (SSSR count). The van der Waals surface area contributed by atoms with Crippen molar-refractivity contribution in [1.82, 2.24) is 5.32 Å². The molecule has 0 bridgehead atoms. The third-order valence-corrected chi connectivity index (χ3v) is 1.64. The summed E-state index contributed by atoms with van der Waals surface area (Å²) in [7, 11) is 0. The lowest BCUT2D eigenvalue weighted by Crippen LogP contribution is -2.28. The molecule has 2 atom stereocenters. The molecule has 0 radical (unpaired) electrons. The maximum Gasteiger partial charge on any atom is 0.143 e. The highest BCUT2D eigenvalue weighted by atomic mass is 16.3. The first kappa shape index (κ1) is 9.03. The molecule has 66 valence electrons. The molecular weight excluding hydrogens is 152 g/mol. The molecule has 0 aromatic rings. The minimum Gasteiger partial charge on any atom is -0.370 e. The van der Waals surface area contributed by atoms with Crippen molar-refractivity contribution in [2.24, 2.45) is 5.73 Å². The number of nitrogens with one attached hydrogen (secondary N) is 1. The Morgan fingerprint density at radius 1 is 1.83 bits per heavy atom. The van der Waals surface area contributed by atoms with E-state index < -0.39 is 6.23 Å². The lowest BCUT2D eigenvalue weighted by molar-refractivity contribution is 0.199. The Labute approximate surface area is 72.3 Å². The molecule has 0 aliphatic heterocycles. The van der Waals surface area contributed by atoms with Gasteiger partial charge in [0.25, 0.3) is 0 Å². The Bertz CT molecular complexity index is 221. The number of allylic oxidation sites excluding steroid dienone is 1. The summed E-state index contributed by atoms with van der Waals surface area (Å²) in [5.41, 5.74) is 6.52. The van der Waals surface area contributed by atoms with Gasteiger partial charge in [0.2, 0.25) is 0 Å². The second-order valence-corrected chi connectivity index (χ2v) is 2.75. The minimum absolute atomic E-state index is 0.0505. The third kappa shape index (κ3) is 2.53. The van der Waals surface area contributed by atoms with Crippen LogP contribution in [-0.2, 0) is 0 Å². The Hall–Kier alpha value is -1.06. The van der Waals surface area contributed by atoms with Crippen LogP contribution in [0.3, 0.4) is 0 Å². The van der Waals surface area contributed by atoms with Gasteiger partial charge in [-0.05, 0) is 24.6 Å². The molecule has 0 heterocycles. The van der Waals surface area contributed by atoms with Crippen LogP contribution in [0.2, 0.25) is 0 Å². The van der Waals surface area contributed by atoms with Gasteiger partial charge in [-0.3, -0.25) is 0 Å². The van der Waals surface area contributed by atoms with Crippen molar-refractivity contribution in [2.75, 3.05) is 0 Å². The summed E-state index contributed by atoms with van der Waals surface area (Å²) >= 11 is 0. The van der Waals surface area contributed by atoms with Gasteiger partial charge in [0, 0.05) is 11.7 Å². The first-order valence-electron chi connectivity index (χ1n) is 3.93. The SMILES string of the molecule is C=CC(O)NC1=C[C@H](N)CC=C1. The van der Waals surface area contributed by atoms with Gasteiger partial charge in [-0.15, -0.1) is 0 Å². The van der Waals surface area contributed by atoms with Gasteiger partial charge in [-0.2, -0.15) is 0 Å². The first-order chi connectivity index (χ1) is 5.72. The zero-order chi connectivity index (χ0) is 8.97. The summed E-state index contributed by atoms with van der Waals surface area (Å²) in [6.07, 6.45) is 7.33. The molecule has 12 heavy (non-hydrogen) atoms. The zero-order valence-electron chi connectivity index (χ0n) is 6.90. The highest BCUT2D eigenvalue weighted by Crippen LogP contribution is 2.06. The van der Waals surface area contributed by atoms with Crippen molar-refractivity contribution in [3.05, 3.63) is 36.6 Å².